The summed E-state index contributed by atoms with van der Waals surface area (Å²) in [4.78, 5) is 0. The molecular weight excluding hydrogens is 372 g/mol. The molecule has 0 spiro atoms. The van der Waals surface area contributed by atoms with Crippen LogP contribution in [0.4, 0.5) is 0 Å². The van der Waals surface area contributed by atoms with Crippen molar-refractivity contribution in [2.45, 2.75) is 88.5 Å². The van der Waals surface area contributed by atoms with Crippen LogP contribution in [0.15, 0.2) is 60.7 Å². The first kappa shape index (κ1) is 28.7. The number of benzene rings is 3. The van der Waals surface area contributed by atoms with Gasteiger partial charge in [-0.3, -0.25) is 0 Å². The Labute approximate surface area is 193 Å². The molecule has 0 radical (unpaired) electrons. The van der Waals surface area contributed by atoms with Gasteiger partial charge >= 0.3 is 0 Å². The van der Waals surface area contributed by atoms with E-state index in [1.807, 2.05) is 55.4 Å². The lowest BCUT2D eigenvalue weighted by Crippen LogP contribution is -1.90. The first-order valence-electron chi connectivity index (χ1n) is 12.6. The van der Waals surface area contributed by atoms with Gasteiger partial charge < -0.3 is 0 Å². The summed E-state index contributed by atoms with van der Waals surface area (Å²) in [6.45, 7) is 20.2. The molecule has 0 saturated carbocycles. The Balaban J connectivity index is 0.000000717. The summed E-state index contributed by atoms with van der Waals surface area (Å²) < 4.78 is 0. The molecule has 2 aliphatic rings. The summed E-state index contributed by atoms with van der Waals surface area (Å²) in [7, 11) is 0. The first-order chi connectivity index (χ1) is 15.3. The molecule has 0 aliphatic heterocycles. The molecule has 5 rings (SSSR count). The first-order valence-corrected chi connectivity index (χ1v) is 12.6. The van der Waals surface area contributed by atoms with E-state index in [4.69, 9.17) is 0 Å². The van der Waals surface area contributed by atoms with Gasteiger partial charge in [0.05, 0.1) is 0 Å². The van der Waals surface area contributed by atoms with E-state index >= 15 is 0 Å². The fourth-order valence-corrected chi connectivity index (χ4v) is 3.86. The van der Waals surface area contributed by atoms with Crippen molar-refractivity contribution in [1.29, 1.82) is 0 Å². The van der Waals surface area contributed by atoms with Gasteiger partial charge in [-0.2, -0.15) is 0 Å². The van der Waals surface area contributed by atoms with Crippen LogP contribution in [0.5, 0.6) is 0 Å². The summed E-state index contributed by atoms with van der Waals surface area (Å²) in [5.41, 5.74) is 11.8. The van der Waals surface area contributed by atoms with E-state index in [-0.39, 0.29) is 0 Å². The molecule has 3 aromatic carbocycles. The summed E-state index contributed by atoms with van der Waals surface area (Å²) in [5.74, 6) is 0. The van der Waals surface area contributed by atoms with Gasteiger partial charge in [0.2, 0.25) is 0 Å². The molecule has 0 amide bonds. The third-order valence-corrected chi connectivity index (χ3v) is 4.78. The number of hydrogen-bond donors (Lipinski definition) is 0. The van der Waals surface area contributed by atoms with Crippen molar-refractivity contribution < 1.29 is 0 Å². The monoisotopic (exact) mass is 418 g/mol. The maximum atomic E-state index is 2.32. The quantitative estimate of drug-likeness (QED) is 0.234. The second-order valence-electron chi connectivity index (χ2n) is 6.49. The van der Waals surface area contributed by atoms with Gasteiger partial charge in [-0.25, -0.2) is 0 Å². The van der Waals surface area contributed by atoms with E-state index in [9.17, 15) is 0 Å². The van der Waals surface area contributed by atoms with E-state index in [1.165, 1.54) is 39.8 Å². The minimum absolute atomic E-state index is 1.10. The zero-order valence-corrected chi connectivity index (χ0v) is 21.9. The average Bonchev–Trinajstić information content (AvgIpc) is 3.43. The van der Waals surface area contributed by atoms with E-state index < -0.39 is 0 Å². The second kappa shape index (κ2) is 16.4. The maximum Gasteiger partial charge on any atom is -0.00104 e. The summed E-state index contributed by atoms with van der Waals surface area (Å²) in [6, 6.07) is 22.3. The van der Waals surface area contributed by atoms with E-state index in [2.05, 4.69) is 74.5 Å². The zero-order chi connectivity index (χ0) is 23.8. The lowest BCUT2D eigenvalue weighted by Gasteiger charge is -2.07. The van der Waals surface area contributed by atoms with Crippen LogP contribution in [0, 0.1) is 0 Å². The van der Waals surface area contributed by atoms with Gasteiger partial charge in [-0.15, -0.1) is 0 Å². The van der Waals surface area contributed by atoms with Crippen LogP contribution >= 0.6 is 0 Å². The fraction of sp³-hybridized carbons (Fsp3) is 0.419. The van der Waals surface area contributed by atoms with E-state index in [0.717, 1.165) is 12.8 Å². The van der Waals surface area contributed by atoms with Crippen molar-refractivity contribution in [3.05, 3.63) is 82.9 Å². The lowest BCUT2D eigenvalue weighted by molar-refractivity contribution is 1.09. The molecule has 0 bridgehead atoms. The van der Waals surface area contributed by atoms with Gasteiger partial charge in [-0.05, 0) is 57.3 Å². The van der Waals surface area contributed by atoms with Crippen molar-refractivity contribution in [2.24, 2.45) is 0 Å². The predicted octanol–water partition coefficient (Wildman–Crippen LogP) is 10.4. The summed E-state index contributed by atoms with van der Waals surface area (Å²) >= 11 is 0. The molecule has 0 heteroatoms. The van der Waals surface area contributed by atoms with E-state index in [0.29, 0.717) is 0 Å². The van der Waals surface area contributed by atoms with Gasteiger partial charge in [0.15, 0.2) is 0 Å². The van der Waals surface area contributed by atoms with Crippen LogP contribution in [-0.4, -0.2) is 0 Å². The molecule has 170 valence electrons. The number of rotatable bonds is 0. The van der Waals surface area contributed by atoms with Gasteiger partial charge in [-0.1, -0.05) is 136 Å². The third kappa shape index (κ3) is 6.57. The Hall–Kier alpha value is -2.34. The van der Waals surface area contributed by atoms with Crippen molar-refractivity contribution >= 4 is 0 Å². The Morgan fingerprint density at radius 1 is 0.452 bits per heavy atom. The minimum Gasteiger partial charge on any atom is -0.0683 e. The number of fused-ring (bicyclic) bond motifs is 7. The van der Waals surface area contributed by atoms with Gasteiger partial charge in [0, 0.05) is 0 Å². The Kier molecular flexibility index (Phi) is 15.1. The molecule has 3 aromatic rings. The average molecular weight is 419 g/mol. The van der Waals surface area contributed by atoms with Gasteiger partial charge in [0.25, 0.3) is 0 Å². The number of hydrogen-bond acceptors (Lipinski definition) is 0. The topological polar surface area (TPSA) is 0 Å². The highest BCUT2D eigenvalue weighted by molar-refractivity contribution is 5.86. The van der Waals surface area contributed by atoms with Crippen LogP contribution < -0.4 is 0 Å². The fourth-order valence-electron chi connectivity index (χ4n) is 3.86. The van der Waals surface area contributed by atoms with Crippen molar-refractivity contribution in [2.75, 3.05) is 0 Å². The smallest absolute Gasteiger partial charge is 0.00104 e. The molecule has 0 unspecified atom stereocenters. The highest BCUT2D eigenvalue weighted by Gasteiger charge is 2.27. The lowest BCUT2D eigenvalue weighted by atomic mass is 9.96. The zero-order valence-electron chi connectivity index (χ0n) is 21.9. The largest absolute Gasteiger partial charge is 0.0683 e. The Morgan fingerprint density at radius 2 is 0.742 bits per heavy atom. The van der Waals surface area contributed by atoms with Crippen molar-refractivity contribution in [3.8, 4) is 22.3 Å². The van der Waals surface area contributed by atoms with Crippen LogP contribution in [0.25, 0.3) is 22.3 Å². The van der Waals surface area contributed by atoms with Crippen LogP contribution in [-0.2, 0) is 12.8 Å². The normalized spacial score (nSPS) is 10.1. The molecule has 0 aromatic heterocycles. The molecule has 0 heterocycles. The van der Waals surface area contributed by atoms with E-state index in [1.54, 1.807) is 11.1 Å². The molecule has 2 aliphatic carbocycles. The Bertz CT molecular complexity index is 798. The summed E-state index contributed by atoms with van der Waals surface area (Å²) in [5, 5.41) is 0. The van der Waals surface area contributed by atoms with Crippen molar-refractivity contribution in [3.63, 3.8) is 0 Å². The van der Waals surface area contributed by atoms with Crippen LogP contribution in [0.2, 0.25) is 0 Å². The van der Waals surface area contributed by atoms with Crippen molar-refractivity contribution in [1.82, 2.24) is 0 Å². The highest BCUT2D eigenvalue weighted by atomic mass is 14.3. The molecule has 31 heavy (non-hydrogen) atoms. The Morgan fingerprint density at radius 3 is 1.06 bits per heavy atom. The summed E-state index contributed by atoms with van der Waals surface area (Å²) in [6.07, 6.45) is 3.45. The molecule has 0 N–H and O–H groups in total. The standard InChI is InChI=1S/C20H14.C3H8.4C2H6/c1-3-7-15-13(5-1)11-19-17(15)9-10-18-16-8-4-2-6-14(16)12-20(18)19;1-3-2;4*1-2/h1-10H,11-12H2;3H2,1-2H3;4*1-2H3. The predicted molar refractivity (Wildman–Crippen MR) is 144 cm³/mol. The minimum atomic E-state index is 1.10. The highest BCUT2D eigenvalue weighted by Crippen LogP contribution is 2.46. The molecule has 0 nitrogen and oxygen atoms in total. The third-order valence-electron chi connectivity index (χ3n) is 4.78. The molecule has 0 fully saturated rings. The molecular formula is C31H46. The second-order valence-corrected chi connectivity index (χ2v) is 6.49. The van der Waals surface area contributed by atoms with Crippen LogP contribution in [0.1, 0.15) is 97.9 Å². The molecule has 0 saturated heterocycles. The maximum absolute atomic E-state index is 2.32. The SMILES string of the molecule is CC.CC.CC.CC.CCC.c1ccc2c(c1)Cc1c-2ccc2c1Cc1ccccc1-2. The van der Waals surface area contributed by atoms with Gasteiger partial charge in [0.1, 0.15) is 0 Å². The molecule has 0 atom stereocenters. The van der Waals surface area contributed by atoms with Crippen LogP contribution in [0.3, 0.4) is 0 Å².